The van der Waals surface area contributed by atoms with Crippen molar-refractivity contribution in [3.8, 4) is 0 Å². The number of furan rings is 1. The summed E-state index contributed by atoms with van der Waals surface area (Å²) in [5.41, 5.74) is 0. The number of nitrogens with one attached hydrogen (secondary N) is 1. The van der Waals surface area contributed by atoms with Gasteiger partial charge in [0.1, 0.15) is 16.8 Å². The first-order valence-electron chi connectivity index (χ1n) is 5.95. The maximum Gasteiger partial charge on any atom is 0.242 e. The van der Waals surface area contributed by atoms with Gasteiger partial charge in [0.2, 0.25) is 10.0 Å². The van der Waals surface area contributed by atoms with E-state index in [1.165, 1.54) is 31.6 Å². The van der Waals surface area contributed by atoms with Crippen molar-refractivity contribution < 1.29 is 17.6 Å². The van der Waals surface area contributed by atoms with Gasteiger partial charge in [-0.3, -0.25) is 0 Å². The quantitative estimate of drug-likeness (QED) is 0.868. The Morgan fingerprint density at radius 3 is 2.71 bits per heavy atom. The Balaban J connectivity index is 2.16. The van der Waals surface area contributed by atoms with Crippen LogP contribution in [0.15, 0.2) is 45.9 Å². The van der Waals surface area contributed by atoms with Gasteiger partial charge in [-0.1, -0.05) is 23.2 Å². The van der Waals surface area contributed by atoms with E-state index >= 15 is 0 Å². The van der Waals surface area contributed by atoms with E-state index in [0.717, 1.165) is 0 Å². The zero-order valence-corrected chi connectivity index (χ0v) is 13.4. The number of hydrogen-bond donors (Lipinski definition) is 1. The zero-order chi connectivity index (χ0) is 15.5. The Morgan fingerprint density at radius 1 is 1.33 bits per heavy atom. The van der Waals surface area contributed by atoms with E-state index in [1.54, 1.807) is 12.1 Å². The summed E-state index contributed by atoms with van der Waals surface area (Å²) < 4.78 is 37.3. The second-order valence-corrected chi connectivity index (χ2v) is 6.75. The van der Waals surface area contributed by atoms with Gasteiger partial charge in [0.15, 0.2) is 0 Å². The summed E-state index contributed by atoms with van der Waals surface area (Å²) in [6, 6.07) is 7.64. The molecule has 0 amide bonds. The summed E-state index contributed by atoms with van der Waals surface area (Å²) in [5, 5.41) is 0.382. The average Bonchev–Trinajstić information content (AvgIpc) is 2.96. The fourth-order valence-electron chi connectivity index (χ4n) is 1.72. The molecule has 0 aliphatic rings. The Bertz CT molecular complexity index is 701. The summed E-state index contributed by atoms with van der Waals surface area (Å²) in [6.45, 7) is 0.00912. The highest BCUT2D eigenvalue weighted by atomic mass is 35.5. The number of sulfonamides is 1. The van der Waals surface area contributed by atoms with Gasteiger partial charge in [-0.2, -0.15) is 0 Å². The van der Waals surface area contributed by atoms with Crippen LogP contribution in [-0.2, 0) is 14.8 Å². The largest absolute Gasteiger partial charge is 0.467 e. The molecule has 1 unspecified atom stereocenters. The molecule has 1 aromatic heterocycles. The van der Waals surface area contributed by atoms with Crippen LogP contribution < -0.4 is 4.72 Å². The van der Waals surface area contributed by atoms with Crippen LogP contribution in [0.5, 0.6) is 0 Å². The van der Waals surface area contributed by atoms with Gasteiger partial charge >= 0.3 is 0 Å². The Hall–Kier alpha value is -1.05. The third-order valence-electron chi connectivity index (χ3n) is 2.79. The fourth-order valence-corrected chi connectivity index (χ4v) is 3.51. The summed E-state index contributed by atoms with van der Waals surface area (Å²) in [5.74, 6) is 0.525. The number of rotatable bonds is 6. The van der Waals surface area contributed by atoms with Crippen LogP contribution in [-0.4, -0.2) is 22.1 Å². The van der Waals surface area contributed by atoms with Crippen LogP contribution in [0.1, 0.15) is 11.9 Å². The van der Waals surface area contributed by atoms with Crippen molar-refractivity contribution in [3.63, 3.8) is 0 Å². The molecule has 2 rings (SSSR count). The highest BCUT2D eigenvalue weighted by Crippen LogP contribution is 2.25. The average molecular weight is 350 g/mol. The summed E-state index contributed by atoms with van der Waals surface area (Å²) in [4.78, 5) is -0.0778. The Labute approximate surface area is 132 Å². The van der Waals surface area contributed by atoms with Crippen molar-refractivity contribution in [2.75, 3.05) is 13.7 Å². The normalized spacial score (nSPS) is 13.3. The van der Waals surface area contributed by atoms with Gasteiger partial charge in [-0.15, -0.1) is 0 Å². The predicted molar refractivity (Wildman–Crippen MR) is 80.1 cm³/mol. The van der Waals surface area contributed by atoms with Crippen LogP contribution in [0, 0.1) is 0 Å². The molecule has 0 aliphatic carbocycles. The maximum atomic E-state index is 12.3. The maximum absolute atomic E-state index is 12.3. The van der Waals surface area contributed by atoms with Crippen molar-refractivity contribution in [1.29, 1.82) is 0 Å². The lowest BCUT2D eigenvalue weighted by atomic mass is 10.3. The molecule has 21 heavy (non-hydrogen) atoms. The van der Waals surface area contributed by atoms with Gasteiger partial charge in [-0.25, -0.2) is 13.1 Å². The van der Waals surface area contributed by atoms with Crippen molar-refractivity contribution >= 4 is 33.2 Å². The minimum atomic E-state index is -3.80. The van der Waals surface area contributed by atoms with Crippen molar-refractivity contribution in [3.05, 3.63) is 52.4 Å². The highest BCUT2D eigenvalue weighted by molar-refractivity contribution is 7.89. The lowest BCUT2D eigenvalue weighted by Crippen LogP contribution is -2.29. The zero-order valence-electron chi connectivity index (χ0n) is 11.0. The molecule has 0 saturated carbocycles. The SMILES string of the molecule is COC(CNS(=O)(=O)c1cc(Cl)ccc1Cl)c1ccco1. The first-order chi connectivity index (χ1) is 9.94. The Kier molecular flexibility index (Phi) is 5.29. The van der Waals surface area contributed by atoms with Gasteiger partial charge < -0.3 is 9.15 Å². The second kappa shape index (κ2) is 6.81. The van der Waals surface area contributed by atoms with Crippen molar-refractivity contribution in [2.24, 2.45) is 0 Å². The Morgan fingerprint density at radius 2 is 2.10 bits per heavy atom. The molecule has 1 heterocycles. The molecule has 0 aliphatic heterocycles. The monoisotopic (exact) mass is 349 g/mol. The van der Waals surface area contributed by atoms with E-state index < -0.39 is 16.1 Å². The van der Waals surface area contributed by atoms with Gasteiger partial charge in [-0.05, 0) is 30.3 Å². The molecule has 0 saturated heterocycles. The molecule has 5 nitrogen and oxygen atoms in total. The predicted octanol–water partition coefficient (Wildman–Crippen LogP) is 3.25. The number of ether oxygens (including phenoxy) is 1. The number of halogens is 2. The summed E-state index contributed by atoms with van der Waals surface area (Å²) in [6.07, 6.45) is 0.955. The van der Waals surface area contributed by atoms with Crippen molar-refractivity contribution in [2.45, 2.75) is 11.0 Å². The molecule has 1 atom stereocenters. The van der Waals surface area contributed by atoms with Crippen LogP contribution >= 0.6 is 23.2 Å². The number of methoxy groups -OCH3 is 1. The minimum Gasteiger partial charge on any atom is -0.467 e. The minimum absolute atomic E-state index is 0.00912. The molecule has 0 bridgehead atoms. The van der Waals surface area contributed by atoms with Crippen LogP contribution in [0.3, 0.4) is 0 Å². The van der Waals surface area contributed by atoms with Gasteiger partial charge in [0, 0.05) is 18.7 Å². The van der Waals surface area contributed by atoms with E-state index in [0.29, 0.717) is 5.76 Å². The lowest BCUT2D eigenvalue weighted by Gasteiger charge is -2.14. The van der Waals surface area contributed by atoms with E-state index in [-0.39, 0.29) is 21.5 Å². The molecular weight excluding hydrogens is 337 g/mol. The van der Waals surface area contributed by atoms with E-state index in [1.807, 2.05) is 0 Å². The topological polar surface area (TPSA) is 68.5 Å². The second-order valence-electron chi connectivity index (χ2n) is 4.17. The molecule has 1 aromatic carbocycles. The standard InChI is InChI=1S/C13H13Cl2NO4S/c1-19-12(11-3-2-6-20-11)8-16-21(17,18)13-7-9(14)4-5-10(13)15/h2-7,12,16H,8H2,1H3. The molecule has 8 heteroatoms. The van der Waals surface area contributed by atoms with E-state index in [4.69, 9.17) is 32.4 Å². The molecule has 114 valence electrons. The number of hydrogen-bond acceptors (Lipinski definition) is 4. The van der Waals surface area contributed by atoms with Crippen molar-refractivity contribution in [1.82, 2.24) is 4.72 Å². The third-order valence-corrected chi connectivity index (χ3v) is 4.93. The van der Waals surface area contributed by atoms with E-state index in [2.05, 4.69) is 4.72 Å². The van der Waals surface area contributed by atoms with Gasteiger partial charge in [0.25, 0.3) is 0 Å². The molecule has 0 fully saturated rings. The van der Waals surface area contributed by atoms with Crippen LogP contribution in [0.2, 0.25) is 10.0 Å². The molecule has 0 spiro atoms. The first kappa shape index (κ1) is 16.3. The summed E-state index contributed by atoms with van der Waals surface area (Å²) in [7, 11) is -2.33. The third kappa shape index (κ3) is 3.99. The molecule has 1 N–H and O–H groups in total. The lowest BCUT2D eigenvalue weighted by molar-refractivity contribution is 0.0878. The fraction of sp³-hybridized carbons (Fsp3) is 0.231. The smallest absolute Gasteiger partial charge is 0.242 e. The molecular formula is C13H13Cl2NO4S. The van der Waals surface area contributed by atoms with Gasteiger partial charge in [0.05, 0.1) is 11.3 Å². The number of benzene rings is 1. The molecule has 2 aromatic rings. The first-order valence-corrected chi connectivity index (χ1v) is 8.19. The molecule has 0 radical (unpaired) electrons. The van der Waals surface area contributed by atoms with Crippen LogP contribution in [0.4, 0.5) is 0 Å². The van der Waals surface area contributed by atoms with E-state index in [9.17, 15) is 8.42 Å². The summed E-state index contributed by atoms with van der Waals surface area (Å²) >= 11 is 11.7. The van der Waals surface area contributed by atoms with Crippen LogP contribution in [0.25, 0.3) is 0 Å². The highest BCUT2D eigenvalue weighted by Gasteiger charge is 2.21.